The fraction of sp³-hybridized carbons (Fsp3) is 0.521. The van der Waals surface area contributed by atoms with Crippen LogP contribution >= 0.6 is 7.82 Å². The summed E-state index contributed by atoms with van der Waals surface area (Å²) >= 11 is 0. The summed E-state index contributed by atoms with van der Waals surface area (Å²) in [7, 11) is -4.76. The number of carbonyl (C=O) groups excluding carboxylic acids is 2. The molecule has 1 fully saturated rings. The van der Waals surface area contributed by atoms with E-state index in [0.29, 0.717) is 31.5 Å². The monoisotopic (exact) mass is 869 g/mol. The molecule has 0 amide bonds. The van der Waals surface area contributed by atoms with Crippen LogP contribution in [0.4, 0.5) is 0 Å². The lowest BCUT2D eigenvalue weighted by Crippen LogP contribution is -2.34. The summed E-state index contributed by atoms with van der Waals surface area (Å²) in [6, 6.07) is -1.55. The summed E-state index contributed by atoms with van der Waals surface area (Å²) in [5.74, 6) is -2.59. The molecule has 1 aliphatic rings. The van der Waals surface area contributed by atoms with E-state index in [0.717, 1.165) is 70.6 Å². The number of nitrogens with two attached hydrogens (primary N) is 1. The fourth-order valence-electron chi connectivity index (χ4n) is 5.17. The number of ether oxygens (including phenoxy) is 3. The highest BCUT2D eigenvalue weighted by Gasteiger charge is 2.36. The highest BCUT2D eigenvalue weighted by molar-refractivity contribution is 7.47. The van der Waals surface area contributed by atoms with Crippen molar-refractivity contribution in [3.05, 3.63) is 122 Å². The smallest absolute Gasteiger partial charge is 0.472 e. The first-order chi connectivity index (χ1) is 29.6. The number of hydrogen-bond acceptors (Lipinski definition) is 10. The molecule has 3 unspecified atom stereocenters. The Morgan fingerprint density at radius 2 is 1.02 bits per heavy atom. The van der Waals surface area contributed by atoms with Crippen molar-refractivity contribution >= 4 is 25.7 Å². The van der Waals surface area contributed by atoms with Crippen molar-refractivity contribution < 1.29 is 52.2 Å². The molecule has 4 N–H and O–H groups in total. The van der Waals surface area contributed by atoms with E-state index in [1.807, 2.05) is 30.4 Å². The number of aliphatic carboxylic acids is 1. The zero-order valence-corrected chi connectivity index (χ0v) is 37.3. The van der Waals surface area contributed by atoms with Crippen LogP contribution in [0.15, 0.2) is 122 Å². The lowest BCUT2D eigenvalue weighted by molar-refractivity contribution is -0.161. The van der Waals surface area contributed by atoms with E-state index in [2.05, 4.69) is 110 Å². The molecule has 13 heteroatoms. The second-order valence-electron chi connectivity index (χ2n) is 14.1. The third-order valence-corrected chi connectivity index (χ3v) is 9.57. The van der Waals surface area contributed by atoms with E-state index in [-0.39, 0.29) is 12.8 Å². The van der Waals surface area contributed by atoms with Gasteiger partial charge in [0.15, 0.2) is 6.10 Å². The summed E-state index contributed by atoms with van der Waals surface area (Å²) in [6.07, 6.45) is 53.3. The van der Waals surface area contributed by atoms with Crippen molar-refractivity contribution in [1.29, 1.82) is 0 Å². The van der Waals surface area contributed by atoms with Crippen LogP contribution in [0.5, 0.6) is 0 Å². The molecule has 0 saturated carbocycles. The van der Waals surface area contributed by atoms with Gasteiger partial charge in [-0.1, -0.05) is 135 Å². The van der Waals surface area contributed by atoms with Crippen LogP contribution in [0.1, 0.15) is 117 Å². The summed E-state index contributed by atoms with van der Waals surface area (Å²) in [5, 5.41) is 8.89. The first-order valence-electron chi connectivity index (χ1n) is 21.7. The van der Waals surface area contributed by atoms with Gasteiger partial charge in [0.2, 0.25) is 0 Å². The Kier molecular flexibility index (Phi) is 33.8. The molecule has 5 atom stereocenters. The minimum atomic E-state index is -4.76. The van der Waals surface area contributed by atoms with Crippen LogP contribution in [0.2, 0.25) is 0 Å². The predicted octanol–water partition coefficient (Wildman–Crippen LogP) is 10.6. The molecular formula is C48H72NO11P. The van der Waals surface area contributed by atoms with Gasteiger partial charge in [0.25, 0.3) is 0 Å². The van der Waals surface area contributed by atoms with Crippen molar-refractivity contribution in [2.75, 3.05) is 19.8 Å². The maximum absolute atomic E-state index is 12.6. The molecule has 1 saturated heterocycles. The molecule has 0 spiro atoms. The average molecular weight is 870 g/mol. The van der Waals surface area contributed by atoms with Crippen LogP contribution in [-0.2, 0) is 42.2 Å². The number of unbranched alkanes of at least 4 members (excludes halogenated alkanes) is 1. The van der Waals surface area contributed by atoms with E-state index >= 15 is 0 Å². The first kappa shape index (κ1) is 54.9. The van der Waals surface area contributed by atoms with Gasteiger partial charge in [-0.15, -0.1) is 0 Å². The van der Waals surface area contributed by atoms with Crippen molar-refractivity contribution in [3.8, 4) is 0 Å². The Morgan fingerprint density at radius 1 is 0.590 bits per heavy atom. The largest absolute Gasteiger partial charge is 0.480 e. The summed E-state index contributed by atoms with van der Waals surface area (Å²) in [6.45, 7) is 2.40. The van der Waals surface area contributed by atoms with E-state index < -0.39 is 57.7 Å². The molecule has 1 heterocycles. The van der Waals surface area contributed by atoms with Crippen LogP contribution in [0.3, 0.4) is 0 Å². The van der Waals surface area contributed by atoms with Crippen LogP contribution in [0, 0.1) is 0 Å². The lowest BCUT2D eigenvalue weighted by Gasteiger charge is -2.20. The zero-order valence-electron chi connectivity index (χ0n) is 36.4. The summed E-state index contributed by atoms with van der Waals surface area (Å²) in [5.41, 5.74) is 5.32. The van der Waals surface area contributed by atoms with Crippen molar-refractivity contribution in [2.24, 2.45) is 5.73 Å². The van der Waals surface area contributed by atoms with Crippen LogP contribution < -0.4 is 5.73 Å². The van der Waals surface area contributed by atoms with Crippen molar-refractivity contribution in [1.82, 2.24) is 0 Å². The normalized spacial score (nSPS) is 18.2. The third-order valence-electron chi connectivity index (χ3n) is 8.62. The number of carboxylic acid groups (broad SMARTS) is 1. The highest BCUT2D eigenvalue weighted by atomic mass is 31.2. The van der Waals surface area contributed by atoms with Gasteiger partial charge < -0.3 is 29.9 Å². The fourth-order valence-corrected chi connectivity index (χ4v) is 5.94. The van der Waals surface area contributed by atoms with Gasteiger partial charge >= 0.3 is 25.7 Å². The highest BCUT2D eigenvalue weighted by Crippen LogP contribution is 2.43. The summed E-state index contributed by atoms with van der Waals surface area (Å²) < 4.78 is 38.2. The Morgan fingerprint density at radius 3 is 1.52 bits per heavy atom. The lowest BCUT2D eigenvalue weighted by atomic mass is 10.1. The number of phosphoric acid groups is 1. The van der Waals surface area contributed by atoms with Crippen LogP contribution in [-0.4, -0.2) is 72.1 Å². The average Bonchev–Trinajstić information content (AvgIpc) is 3.99. The maximum atomic E-state index is 12.6. The van der Waals surface area contributed by atoms with Gasteiger partial charge in [-0.3, -0.25) is 23.4 Å². The quantitative estimate of drug-likeness (QED) is 0.0177. The molecule has 12 nitrogen and oxygen atoms in total. The maximum Gasteiger partial charge on any atom is 0.472 e. The van der Waals surface area contributed by atoms with Gasteiger partial charge in [-0.25, -0.2) is 4.57 Å². The number of carbonyl (C=O) groups is 3. The Labute approximate surface area is 365 Å². The number of esters is 2. The number of allylic oxidation sites excluding steroid dienone is 18. The molecule has 0 aliphatic carbocycles. The first-order valence-corrected chi connectivity index (χ1v) is 23.2. The zero-order chi connectivity index (χ0) is 44.7. The summed E-state index contributed by atoms with van der Waals surface area (Å²) in [4.78, 5) is 45.9. The third kappa shape index (κ3) is 35.2. The van der Waals surface area contributed by atoms with Crippen molar-refractivity contribution in [3.63, 3.8) is 0 Å². The van der Waals surface area contributed by atoms with E-state index in [1.165, 1.54) is 0 Å². The second-order valence-corrected chi connectivity index (χ2v) is 15.5. The number of phosphoric ester groups is 1. The van der Waals surface area contributed by atoms with Gasteiger partial charge in [0, 0.05) is 12.8 Å². The SMILES string of the molecule is CC/C=C\C/C=C\C/C=C\C/C=C\C/C=C\CCCC(=O)O[C@H](COC(=O)CC/C=C\C/C=C\C/C=C\C/C=C\CC1OC1C/C=C\CC)COP(=O)(O)OC[C@H](N)C(=O)O. The van der Waals surface area contributed by atoms with Gasteiger partial charge in [0.05, 0.1) is 25.4 Å². The molecule has 0 radical (unpaired) electrons. The molecular weight excluding hydrogens is 797 g/mol. The predicted molar refractivity (Wildman–Crippen MR) is 243 cm³/mol. The molecule has 1 rings (SSSR count). The molecule has 0 aromatic rings. The Bertz CT molecular complexity index is 1560. The molecule has 61 heavy (non-hydrogen) atoms. The minimum absolute atomic E-state index is 0.0566. The molecule has 0 aromatic carbocycles. The van der Waals surface area contributed by atoms with E-state index in [1.54, 1.807) is 0 Å². The molecule has 340 valence electrons. The van der Waals surface area contributed by atoms with Gasteiger partial charge in [0.1, 0.15) is 12.6 Å². The van der Waals surface area contributed by atoms with E-state index in [4.69, 9.17) is 29.6 Å². The van der Waals surface area contributed by atoms with Crippen molar-refractivity contribution in [2.45, 2.75) is 141 Å². The Balaban J connectivity index is 2.38. The minimum Gasteiger partial charge on any atom is -0.480 e. The number of carboxylic acids is 1. The van der Waals surface area contributed by atoms with E-state index in [9.17, 15) is 23.8 Å². The number of hydrogen-bond donors (Lipinski definition) is 3. The van der Waals surface area contributed by atoms with Gasteiger partial charge in [-0.2, -0.15) is 0 Å². The molecule has 1 aliphatic heterocycles. The molecule has 0 aromatic heterocycles. The molecule has 0 bridgehead atoms. The number of epoxide rings is 1. The second kappa shape index (κ2) is 37.6. The van der Waals surface area contributed by atoms with Gasteiger partial charge in [-0.05, 0) is 89.9 Å². The Hall–Kier alpha value is -4.16. The standard InChI is InChI=1S/C48H72NO11P/c1-3-5-7-8-9-10-11-12-13-14-15-16-21-24-27-30-34-38-47(51)59-42(40-57-61(54,55)58-41-43(49)48(52)53)39-56-46(50)37-33-29-26-23-20-18-17-19-22-25-28-32-36-45-44(60-45)35-31-6-4-2/h5-7,9-10,12-13,15-16,18-20,22,24,26-29,31-32,42-45H,3-4,8,11,14,17,21,23,25,30,33-41,49H2,1-2H3,(H,52,53)(H,54,55)/b7-5-,10-9-,13-12-,16-15-,20-18-,22-19-,27-24-,29-26-,31-6-,32-28-/t42-,43+,44?,45?/m1/s1. The van der Waals surface area contributed by atoms with Crippen LogP contribution in [0.25, 0.3) is 0 Å². The topological polar surface area (TPSA) is 184 Å². The number of rotatable bonds is 37.